The topological polar surface area (TPSA) is 109 Å². The lowest BCUT2D eigenvalue weighted by Gasteiger charge is -2.08. The second-order valence-electron chi connectivity index (χ2n) is 3.93. The van der Waals surface area contributed by atoms with Crippen molar-refractivity contribution < 1.29 is 9.59 Å². The number of pyridine rings is 1. The predicted molar refractivity (Wildman–Crippen MR) is 73.7 cm³/mol. The van der Waals surface area contributed by atoms with Crippen LogP contribution >= 0.6 is 0 Å². The zero-order valence-corrected chi connectivity index (χ0v) is 10.9. The summed E-state index contributed by atoms with van der Waals surface area (Å²) >= 11 is 0. The van der Waals surface area contributed by atoms with E-state index in [0.29, 0.717) is 25.5 Å². The molecule has 2 amide bonds. The van der Waals surface area contributed by atoms with Gasteiger partial charge in [-0.05, 0) is 12.1 Å². The number of hydrogen-bond donors (Lipinski definition) is 4. The minimum absolute atomic E-state index is 0.0575. The SMILES string of the molecule is CC(=O)NCCNc1ccc(NC(=O)CCN)nc1. The van der Waals surface area contributed by atoms with Gasteiger partial charge >= 0.3 is 0 Å². The molecule has 0 saturated carbocycles. The Balaban J connectivity index is 2.35. The lowest BCUT2D eigenvalue weighted by Crippen LogP contribution is -2.26. The summed E-state index contributed by atoms with van der Waals surface area (Å²) in [5.41, 5.74) is 6.10. The van der Waals surface area contributed by atoms with Gasteiger partial charge in [-0.3, -0.25) is 9.59 Å². The number of carbonyl (C=O) groups excluding carboxylic acids is 2. The monoisotopic (exact) mass is 265 g/mol. The molecule has 7 nitrogen and oxygen atoms in total. The van der Waals surface area contributed by atoms with Crippen LogP contribution in [-0.2, 0) is 9.59 Å². The van der Waals surface area contributed by atoms with E-state index in [1.165, 1.54) is 6.92 Å². The third kappa shape index (κ3) is 6.37. The second-order valence-corrected chi connectivity index (χ2v) is 3.93. The van der Waals surface area contributed by atoms with Gasteiger partial charge in [0.05, 0.1) is 11.9 Å². The molecule has 1 aromatic rings. The van der Waals surface area contributed by atoms with Crippen molar-refractivity contribution in [3.63, 3.8) is 0 Å². The maximum atomic E-state index is 11.3. The van der Waals surface area contributed by atoms with Gasteiger partial charge in [0.1, 0.15) is 5.82 Å². The van der Waals surface area contributed by atoms with Crippen molar-refractivity contribution in [2.24, 2.45) is 5.73 Å². The average Bonchev–Trinajstić information content (AvgIpc) is 2.36. The third-order valence-electron chi connectivity index (χ3n) is 2.23. The molecule has 0 bridgehead atoms. The molecule has 0 fully saturated rings. The molecule has 5 N–H and O–H groups in total. The summed E-state index contributed by atoms with van der Waals surface area (Å²) in [5.74, 6) is 0.283. The smallest absolute Gasteiger partial charge is 0.226 e. The molecule has 1 aromatic heterocycles. The second kappa shape index (κ2) is 8.04. The number of anilines is 2. The normalized spacial score (nSPS) is 9.79. The number of nitrogens with zero attached hydrogens (tertiary/aromatic N) is 1. The Labute approximate surface area is 112 Å². The van der Waals surface area contributed by atoms with Gasteiger partial charge in [0.2, 0.25) is 11.8 Å². The molecule has 0 spiro atoms. The fraction of sp³-hybridized carbons (Fsp3) is 0.417. The quantitative estimate of drug-likeness (QED) is 0.515. The highest BCUT2D eigenvalue weighted by molar-refractivity contribution is 5.89. The van der Waals surface area contributed by atoms with E-state index in [9.17, 15) is 9.59 Å². The minimum atomic E-state index is -0.152. The van der Waals surface area contributed by atoms with Crippen LogP contribution in [0.2, 0.25) is 0 Å². The van der Waals surface area contributed by atoms with Crippen LogP contribution in [0.3, 0.4) is 0 Å². The molecule has 0 saturated heterocycles. The number of amides is 2. The van der Waals surface area contributed by atoms with Crippen molar-refractivity contribution in [2.75, 3.05) is 30.3 Å². The van der Waals surface area contributed by atoms with E-state index in [1.807, 2.05) is 0 Å². The largest absolute Gasteiger partial charge is 0.382 e. The van der Waals surface area contributed by atoms with E-state index < -0.39 is 0 Å². The number of nitrogens with two attached hydrogens (primary N) is 1. The Bertz CT molecular complexity index is 419. The molecular formula is C12H19N5O2. The van der Waals surface area contributed by atoms with E-state index in [4.69, 9.17) is 5.73 Å². The van der Waals surface area contributed by atoms with Crippen molar-refractivity contribution in [1.29, 1.82) is 0 Å². The van der Waals surface area contributed by atoms with Gasteiger partial charge in [0, 0.05) is 33.0 Å². The summed E-state index contributed by atoms with van der Waals surface area (Å²) in [5, 5.41) is 8.41. The van der Waals surface area contributed by atoms with Gasteiger partial charge in [-0.2, -0.15) is 0 Å². The van der Waals surface area contributed by atoms with Gasteiger partial charge in [-0.1, -0.05) is 0 Å². The summed E-state index contributed by atoms with van der Waals surface area (Å²) in [6, 6.07) is 3.51. The number of hydrogen-bond acceptors (Lipinski definition) is 5. The Hall–Kier alpha value is -2.15. The Kier molecular flexibility index (Phi) is 6.31. The lowest BCUT2D eigenvalue weighted by atomic mass is 10.3. The van der Waals surface area contributed by atoms with E-state index in [1.54, 1.807) is 18.3 Å². The average molecular weight is 265 g/mol. The number of aromatic nitrogens is 1. The van der Waals surface area contributed by atoms with Crippen LogP contribution in [0.25, 0.3) is 0 Å². The van der Waals surface area contributed by atoms with Gasteiger partial charge < -0.3 is 21.7 Å². The minimum Gasteiger partial charge on any atom is -0.382 e. The lowest BCUT2D eigenvalue weighted by molar-refractivity contribution is -0.119. The summed E-state index contributed by atoms with van der Waals surface area (Å²) < 4.78 is 0. The predicted octanol–water partition coefficient (Wildman–Crippen LogP) is -0.0831. The molecule has 0 aliphatic rings. The van der Waals surface area contributed by atoms with Crippen LogP contribution in [0.4, 0.5) is 11.5 Å². The Morgan fingerprint density at radius 3 is 2.68 bits per heavy atom. The van der Waals surface area contributed by atoms with Gasteiger partial charge in [-0.15, -0.1) is 0 Å². The molecule has 0 radical (unpaired) electrons. The van der Waals surface area contributed by atoms with Gasteiger partial charge in [-0.25, -0.2) is 4.98 Å². The van der Waals surface area contributed by atoms with Gasteiger partial charge in [0.15, 0.2) is 0 Å². The fourth-order valence-corrected chi connectivity index (χ4v) is 1.35. The zero-order chi connectivity index (χ0) is 14.1. The van der Waals surface area contributed by atoms with Gasteiger partial charge in [0.25, 0.3) is 0 Å². The number of nitrogens with one attached hydrogen (secondary N) is 3. The van der Waals surface area contributed by atoms with Crippen molar-refractivity contribution >= 4 is 23.3 Å². The molecule has 0 unspecified atom stereocenters. The summed E-state index contributed by atoms with van der Waals surface area (Å²) in [6.45, 7) is 2.94. The van der Waals surface area contributed by atoms with Crippen LogP contribution < -0.4 is 21.7 Å². The van der Waals surface area contributed by atoms with Crippen LogP contribution in [0.15, 0.2) is 18.3 Å². The van der Waals surface area contributed by atoms with E-state index in [-0.39, 0.29) is 18.2 Å². The Morgan fingerprint density at radius 2 is 2.11 bits per heavy atom. The number of carbonyl (C=O) groups is 2. The standard InChI is InChI=1S/C12H19N5O2/c1-9(18)14-6-7-15-10-2-3-11(16-8-10)17-12(19)4-5-13/h2-3,8,15H,4-7,13H2,1H3,(H,14,18)(H,16,17,19). The highest BCUT2D eigenvalue weighted by atomic mass is 16.2. The summed E-state index contributed by atoms with van der Waals surface area (Å²) in [4.78, 5) is 26.0. The van der Waals surface area contributed by atoms with E-state index >= 15 is 0 Å². The first-order valence-corrected chi connectivity index (χ1v) is 6.06. The van der Waals surface area contributed by atoms with Crippen molar-refractivity contribution in [3.05, 3.63) is 18.3 Å². The first kappa shape index (κ1) is 14.9. The first-order valence-electron chi connectivity index (χ1n) is 6.06. The van der Waals surface area contributed by atoms with Crippen molar-refractivity contribution in [3.8, 4) is 0 Å². The van der Waals surface area contributed by atoms with E-state index in [0.717, 1.165) is 5.69 Å². The molecule has 19 heavy (non-hydrogen) atoms. The molecule has 0 aliphatic heterocycles. The molecule has 104 valence electrons. The molecule has 1 heterocycles. The molecule has 1 rings (SSSR count). The maximum Gasteiger partial charge on any atom is 0.226 e. The highest BCUT2D eigenvalue weighted by Crippen LogP contribution is 2.09. The molecule has 0 aliphatic carbocycles. The van der Waals surface area contributed by atoms with E-state index in [2.05, 4.69) is 20.9 Å². The highest BCUT2D eigenvalue weighted by Gasteiger charge is 2.01. The Morgan fingerprint density at radius 1 is 1.32 bits per heavy atom. The molecule has 7 heteroatoms. The van der Waals surface area contributed by atoms with Crippen molar-refractivity contribution in [2.45, 2.75) is 13.3 Å². The molecule has 0 aromatic carbocycles. The van der Waals surface area contributed by atoms with Crippen molar-refractivity contribution in [1.82, 2.24) is 10.3 Å². The van der Waals surface area contributed by atoms with Crippen LogP contribution in [0, 0.1) is 0 Å². The molecule has 0 atom stereocenters. The summed E-state index contributed by atoms with van der Waals surface area (Å²) in [6.07, 6.45) is 1.89. The molecular weight excluding hydrogens is 246 g/mol. The number of rotatable bonds is 7. The third-order valence-corrected chi connectivity index (χ3v) is 2.23. The first-order chi connectivity index (χ1) is 9.11. The van der Waals surface area contributed by atoms with Crippen LogP contribution in [0.1, 0.15) is 13.3 Å². The fourth-order valence-electron chi connectivity index (χ4n) is 1.35. The summed E-state index contributed by atoms with van der Waals surface area (Å²) in [7, 11) is 0. The zero-order valence-electron chi connectivity index (χ0n) is 10.9. The van der Waals surface area contributed by atoms with Crippen LogP contribution in [0.5, 0.6) is 0 Å². The maximum absolute atomic E-state index is 11.3. The van der Waals surface area contributed by atoms with Crippen LogP contribution in [-0.4, -0.2) is 36.4 Å².